The number of benzene rings is 2. The quantitative estimate of drug-likeness (QED) is 0.238. The molecule has 2 aromatic carbocycles. The average molecular weight is 592 g/mol. The highest BCUT2D eigenvalue weighted by atomic mass is 19.1. The topological polar surface area (TPSA) is 128 Å². The lowest BCUT2D eigenvalue weighted by atomic mass is 9.92. The van der Waals surface area contributed by atoms with Crippen LogP contribution in [-0.4, -0.2) is 83.9 Å². The normalized spacial score (nSPS) is 14.0. The summed E-state index contributed by atoms with van der Waals surface area (Å²) in [7, 11) is 1.44. The summed E-state index contributed by atoms with van der Waals surface area (Å²) in [6, 6.07) is 5.40. The van der Waals surface area contributed by atoms with Gasteiger partial charge in [-0.3, -0.25) is 14.4 Å². The number of hydrogen-bond donors (Lipinski definition) is 4. The second-order valence-corrected chi connectivity index (χ2v) is 10.5. The summed E-state index contributed by atoms with van der Waals surface area (Å²) in [6.45, 7) is 8.24. The molecule has 0 bridgehead atoms. The Kier molecular flexibility index (Phi) is 14.0. The molecule has 0 fully saturated rings. The zero-order valence-corrected chi connectivity index (χ0v) is 25.0. The van der Waals surface area contributed by atoms with E-state index in [1.807, 2.05) is 13.8 Å². The van der Waals surface area contributed by atoms with Crippen molar-refractivity contribution in [1.82, 2.24) is 15.5 Å². The van der Waals surface area contributed by atoms with Gasteiger partial charge in [-0.1, -0.05) is 13.8 Å². The van der Waals surface area contributed by atoms with Crippen molar-refractivity contribution in [3.05, 3.63) is 70.3 Å². The monoisotopic (exact) mass is 591 g/mol. The molecule has 4 atom stereocenters. The van der Waals surface area contributed by atoms with Crippen LogP contribution >= 0.6 is 0 Å². The zero-order valence-electron chi connectivity index (χ0n) is 25.0. The maximum atomic E-state index is 14.0. The van der Waals surface area contributed by atoms with Gasteiger partial charge in [-0.2, -0.15) is 0 Å². The first-order valence-electron chi connectivity index (χ1n) is 14.2. The van der Waals surface area contributed by atoms with Gasteiger partial charge in [0.2, 0.25) is 5.91 Å². The van der Waals surface area contributed by atoms with Crippen molar-refractivity contribution in [1.29, 1.82) is 0 Å². The number of aryl methyl sites for hydroxylation is 1. The third-order valence-corrected chi connectivity index (χ3v) is 6.75. The molecular formula is C31H43F2N3O6. The van der Waals surface area contributed by atoms with E-state index in [-0.39, 0.29) is 36.5 Å². The van der Waals surface area contributed by atoms with Crippen molar-refractivity contribution < 1.29 is 38.1 Å². The predicted octanol–water partition coefficient (Wildman–Crippen LogP) is 3.14. The Balaban J connectivity index is 2.43. The number of rotatable bonds is 16. The van der Waals surface area contributed by atoms with E-state index < -0.39 is 47.7 Å². The van der Waals surface area contributed by atoms with Crippen molar-refractivity contribution >= 4 is 17.7 Å². The first-order chi connectivity index (χ1) is 19.9. The molecule has 0 spiro atoms. The van der Waals surface area contributed by atoms with E-state index in [2.05, 4.69) is 10.6 Å². The fraction of sp³-hybridized carbons (Fsp3) is 0.516. The smallest absolute Gasteiger partial charge is 0.253 e. The van der Waals surface area contributed by atoms with Crippen LogP contribution in [0.3, 0.4) is 0 Å². The lowest BCUT2D eigenvalue weighted by molar-refractivity contribution is -0.121. The number of halogens is 2. The number of nitrogens with zero attached hydrogens (tertiary/aromatic N) is 1. The standard InChI is InChI=1S/C31H43F2N3O6/c1-6-9-36(10-7-2)31(41)23-13-19(3)12-22(17-23)30(40)35-27(16-21-14-24(32)18-25(33)15-21)29(39)28(38)26(8-11-42-5)34-20(4)37/h12-15,17-18,26-29,38-39H,6-11,16H2,1-5H3,(H,34,37)(H,35,40). The number of amides is 3. The van der Waals surface area contributed by atoms with Gasteiger partial charge in [0.25, 0.3) is 11.8 Å². The number of methoxy groups -OCH3 is 1. The molecule has 3 amide bonds. The van der Waals surface area contributed by atoms with Gasteiger partial charge in [-0.05, 0) is 74.1 Å². The molecule has 9 nitrogen and oxygen atoms in total. The van der Waals surface area contributed by atoms with Crippen LogP contribution in [0.2, 0.25) is 0 Å². The minimum atomic E-state index is -1.66. The predicted molar refractivity (Wildman–Crippen MR) is 155 cm³/mol. The Morgan fingerprint density at radius 3 is 2.00 bits per heavy atom. The highest BCUT2D eigenvalue weighted by molar-refractivity contribution is 6.00. The SMILES string of the molecule is CCCN(CCC)C(=O)c1cc(C)cc(C(=O)NC(Cc2cc(F)cc(F)c2)C(O)C(O)C(CCOC)NC(C)=O)c1. The van der Waals surface area contributed by atoms with Crippen molar-refractivity contribution in [3.8, 4) is 0 Å². The van der Waals surface area contributed by atoms with Crippen LogP contribution in [0, 0.1) is 18.6 Å². The fourth-order valence-corrected chi connectivity index (χ4v) is 4.88. The van der Waals surface area contributed by atoms with E-state index in [9.17, 15) is 33.4 Å². The average Bonchev–Trinajstić information content (AvgIpc) is 2.92. The molecule has 0 radical (unpaired) electrons. The van der Waals surface area contributed by atoms with Gasteiger partial charge in [0.05, 0.1) is 12.1 Å². The zero-order chi connectivity index (χ0) is 31.4. The van der Waals surface area contributed by atoms with Gasteiger partial charge >= 0.3 is 0 Å². The number of nitrogens with one attached hydrogen (secondary N) is 2. The highest BCUT2D eigenvalue weighted by Crippen LogP contribution is 2.18. The van der Waals surface area contributed by atoms with Gasteiger partial charge in [-0.15, -0.1) is 0 Å². The van der Waals surface area contributed by atoms with Gasteiger partial charge in [0.1, 0.15) is 23.8 Å². The van der Waals surface area contributed by atoms with Gasteiger partial charge in [0.15, 0.2) is 0 Å². The molecule has 0 aliphatic heterocycles. The molecule has 4 N–H and O–H groups in total. The molecule has 0 heterocycles. The summed E-state index contributed by atoms with van der Waals surface area (Å²) >= 11 is 0. The Bertz CT molecular complexity index is 1180. The number of ether oxygens (including phenoxy) is 1. The van der Waals surface area contributed by atoms with E-state index in [1.165, 1.54) is 20.1 Å². The number of aliphatic hydroxyl groups excluding tert-OH is 2. The molecule has 4 unspecified atom stereocenters. The number of hydrogen-bond acceptors (Lipinski definition) is 6. The number of carbonyl (C=O) groups excluding carboxylic acids is 3. The van der Waals surface area contributed by atoms with Crippen LogP contribution in [0.4, 0.5) is 8.78 Å². The van der Waals surface area contributed by atoms with Gasteiger partial charge in [-0.25, -0.2) is 8.78 Å². The molecule has 0 aliphatic carbocycles. The Morgan fingerprint density at radius 1 is 0.881 bits per heavy atom. The first-order valence-corrected chi connectivity index (χ1v) is 14.2. The largest absolute Gasteiger partial charge is 0.388 e. The molecule has 2 rings (SSSR count). The number of carbonyl (C=O) groups is 3. The van der Waals surface area contributed by atoms with Crippen LogP contribution in [0.1, 0.15) is 71.9 Å². The second-order valence-electron chi connectivity index (χ2n) is 10.5. The van der Waals surface area contributed by atoms with Crippen molar-refractivity contribution in [2.75, 3.05) is 26.8 Å². The molecule has 42 heavy (non-hydrogen) atoms. The molecule has 232 valence electrons. The second kappa shape index (κ2) is 16.9. The first kappa shape index (κ1) is 34.8. The van der Waals surface area contributed by atoms with E-state index in [0.29, 0.717) is 30.3 Å². The van der Waals surface area contributed by atoms with E-state index in [1.54, 1.807) is 24.0 Å². The minimum Gasteiger partial charge on any atom is -0.388 e. The van der Waals surface area contributed by atoms with Gasteiger partial charge < -0.3 is 30.5 Å². The molecule has 0 aromatic heterocycles. The minimum absolute atomic E-state index is 0.131. The van der Waals surface area contributed by atoms with E-state index in [4.69, 9.17) is 4.74 Å². The Hall–Kier alpha value is -3.41. The summed E-state index contributed by atoms with van der Waals surface area (Å²) in [6.07, 6.45) is -1.77. The summed E-state index contributed by atoms with van der Waals surface area (Å²) in [4.78, 5) is 40.2. The van der Waals surface area contributed by atoms with Crippen LogP contribution in [0.5, 0.6) is 0 Å². The fourth-order valence-electron chi connectivity index (χ4n) is 4.88. The van der Waals surface area contributed by atoms with Crippen LogP contribution in [-0.2, 0) is 16.0 Å². The van der Waals surface area contributed by atoms with E-state index >= 15 is 0 Å². The molecule has 11 heteroatoms. The molecule has 2 aromatic rings. The summed E-state index contributed by atoms with van der Waals surface area (Å²) in [5.41, 5.74) is 1.26. The Labute approximate surface area is 246 Å². The maximum absolute atomic E-state index is 14.0. The van der Waals surface area contributed by atoms with Crippen LogP contribution in [0.25, 0.3) is 0 Å². The lowest BCUT2D eigenvalue weighted by Gasteiger charge is -2.33. The summed E-state index contributed by atoms with van der Waals surface area (Å²) in [5, 5.41) is 27.5. The third-order valence-electron chi connectivity index (χ3n) is 6.75. The van der Waals surface area contributed by atoms with E-state index in [0.717, 1.165) is 25.0 Å². The Morgan fingerprint density at radius 2 is 1.45 bits per heavy atom. The molecular weight excluding hydrogens is 548 g/mol. The molecule has 0 saturated heterocycles. The lowest BCUT2D eigenvalue weighted by Crippen LogP contribution is -2.56. The van der Waals surface area contributed by atoms with Crippen molar-refractivity contribution in [3.63, 3.8) is 0 Å². The third kappa shape index (κ3) is 10.5. The van der Waals surface area contributed by atoms with Crippen molar-refractivity contribution in [2.24, 2.45) is 0 Å². The van der Waals surface area contributed by atoms with Gasteiger partial charge in [0, 0.05) is 50.9 Å². The highest BCUT2D eigenvalue weighted by Gasteiger charge is 2.34. The molecule has 0 aliphatic rings. The molecule has 0 saturated carbocycles. The maximum Gasteiger partial charge on any atom is 0.253 e. The van der Waals surface area contributed by atoms with Crippen molar-refractivity contribution in [2.45, 2.75) is 77.7 Å². The van der Waals surface area contributed by atoms with Crippen LogP contribution in [0.15, 0.2) is 36.4 Å². The summed E-state index contributed by atoms with van der Waals surface area (Å²) in [5.74, 6) is -3.01. The van der Waals surface area contributed by atoms with Crippen LogP contribution < -0.4 is 10.6 Å². The summed E-state index contributed by atoms with van der Waals surface area (Å²) < 4.78 is 33.0. The number of aliphatic hydroxyl groups is 2.